The van der Waals surface area contributed by atoms with Gasteiger partial charge in [-0.1, -0.05) is 24.4 Å². The van der Waals surface area contributed by atoms with E-state index in [4.69, 9.17) is 25.5 Å². The van der Waals surface area contributed by atoms with Gasteiger partial charge in [0.15, 0.2) is 28.6 Å². The van der Waals surface area contributed by atoms with Crippen LogP contribution in [0.5, 0.6) is 0 Å². The van der Waals surface area contributed by atoms with Crippen molar-refractivity contribution in [3.63, 3.8) is 0 Å². The number of halogens is 1. The van der Waals surface area contributed by atoms with E-state index in [-0.39, 0.29) is 16.9 Å². The van der Waals surface area contributed by atoms with Gasteiger partial charge in [-0.05, 0) is 25.0 Å². The Labute approximate surface area is 172 Å². The minimum absolute atomic E-state index is 0.181. The van der Waals surface area contributed by atoms with Gasteiger partial charge in [-0.25, -0.2) is 15.0 Å². The molecular weight excluding hydrogens is 396 g/mol. The molecule has 9 heteroatoms. The zero-order chi connectivity index (χ0) is 20.5. The van der Waals surface area contributed by atoms with E-state index < -0.39 is 12.3 Å². The molecule has 3 aromatic rings. The van der Waals surface area contributed by atoms with Gasteiger partial charge in [0.25, 0.3) is 0 Å². The van der Waals surface area contributed by atoms with Crippen molar-refractivity contribution in [1.29, 1.82) is 0 Å². The van der Waals surface area contributed by atoms with Gasteiger partial charge >= 0.3 is 5.97 Å². The van der Waals surface area contributed by atoms with Crippen molar-refractivity contribution in [2.45, 2.75) is 45.9 Å². The Morgan fingerprint density at radius 1 is 1.38 bits per heavy atom. The normalized spacial score (nSPS) is 18.6. The highest BCUT2D eigenvalue weighted by molar-refractivity contribution is 6.33. The summed E-state index contributed by atoms with van der Waals surface area (Å²) >= 11 is 6.39. The minimum atomic E-state index is -0.623. The molecule has 1 saturated heterocycles. The largest absolute Gasteiger partial charge is 0.458 e. The average molecular weight is 415 g/mol. The molecule has 29 heavy (non-hydrogen) atoms. The zero-order valence-corrected chi connectivity index (χ0v) is 17.0. The maximum atomic E-state index is 11.6. The lowest BCUT2D eigenvalue weighted by atomic mass is 10.2. The second-order valence-electron chi connectivity index (χ2n) is 6.58. The monoisotopic (exact) mass is 414 g/mol. The Hall–Kier alpha value is -2.89. The van der Waals surface area contributed by atoms with Crippen LogP contribution in [0.2, 0.25) is 5.15 Å². The van der Waals surface area contributed by atoms with Crippen LogP contribution < -0.4 is 0 Å². The molecule has 1 fully saturated rings. The number of ether oxygens (including phenoxy) is 2. The standard InChI is InChI=1S/C20H19ClN4O4/c1-4-5-6-15-22-17(21)16-19(23-15)25(18(24-16)13-8-7-11(2)28-13)20-14(9-10-27-20)29-12(3)26/h7-8,14,20H,4,9-10H2,1-3H3/t14-,20-/m1/s1. The van der Waals surface area contributed by atoms with E-state index >= 15 is 0 Å². The lowest BCUT2D eigenvalue weighted by molar-refractivity contribution is -0.151. The summed E-state index contributed by atoms with van der Waals surface area (Å²) in [6.45, 7) is 5.58. The van der Waals surface area contributed by atoms with Crippen molar-refractivity contribution >= 4 is 28.7 Å². The van der Waals surface area contributed by atoms with Crippen molar-refractivity contribution in [3.05, 3.63) is 28.9 Å². The molecule has 0 bridgehead atoms. The number of fused-ring (bicyclic) bond motifs is 1. The Bertz CT molecular complexity index is 1140. The number of furan rings is 1. The van der Waals surface area contributed by atoms with E-state index in [0.29, 0.717) is 42.2 Å². The van der Waals surface area contributed by atoms with Gasteiger partial charge in [0, 0.05) is 19.8 Å². The Morgan fingerprint density at radius 3 is 2.90 bits per heavy atom. The van der Waals surface area contributed by atoms with Crippen LogP contribution in [0, 0.1) is 18.8 Å². The van der Waals surface area contributed by atoms with Crippen molar-refractivity contribution in [3.8, 4) is 23.4 Å². The molecule has 0 N–H and O–H groups in total. The Balaban J connectivity index is 1.95. The first-order chi connectivity index (χ1) is 14.0. The fourth-order valence-electron chi connectivity index (χ4n) is 3.26. The number of nitrogens with zero attached hydrogens (tertiary/aromatic N) is 4. The quantitative estimate of drug-likeness (QED) is 0.367. The van der Waals surface area contributed by atoms with Crippen molar-refractivity contribution in [1.82, 2.24) is 19.5 Å². The van der Waals surface area contributed by atoms with E-state index in [9.17, 15) is 4.79 Å². The predicted octanol–water partition coefficient (Wildman–Crippen LogP) is 3.66. The summed E-state index contributed by atoms with van der Waals surface area (Å²) in [4.78, 5) is 25.0. The molecule has 0 aliphatic carbocycles. The van der Waals surface area contributed by atoms with Gasteiger partial charge in [0.2, 0.25) is 5.82 Å². The molecule has 0 spiro atoms. The number of hydrogen-bond acceptors (Lipinski definition) is 7. The van der Waals surface area contributed by atoms with Gasteiger partial charge in [0.05, 0.1) is 6.61 Å². The van der Waals surface area contributed by atoms with Gasteiger partial charge in [0.1, 0.15) is 17.4 Å². The summed E-state index contributed by atoms with van der Waals surface area (Å²) in [6.07, 6.45) is 0.109. The van der Waals surface area contributed by atoms with Crippen LogP contribution in [0.4, 0.5) is 0 Å². The molecule has 1 aliphatic heterocycles. The Kier molecular flexibility index (Phi) is 5.26. The van der Waals surface area contributed by atoms with Crippen LogP contribution >= 0.6 is 11.6 Å². The molecule has 8 nitrogen and oxygen atoms in total. The first-order valence-corrected chi connectivity index (χ1v) is 9.65. The molecule has 0 radical (unpaired) electrons. The van der Waals surface area contributed by atoms with E-state index in [2.05, 4.69) is 26.8 Å². The molecule has 0 saturated carbocycles. The summed E-state index contributed by atoms with van der Waals surface area (Å²) in [6, 6.07) is 3.64. The van der Waals surface area contributed by atoms with Crippen molar-refractivity contribution in [2.75, 3.05) is 6.61 Å². The molecule has 4 heterocycles. The highest BCUT2D eigenvalue weighted by Crippen LogP contribution is 2.36. The number of hydrogen-bond donors (Lipinski definition) is 0. The third-order valence-electron chi connectivity index (χ3n) is 4.42. The first-order valence-electron chi connectivity index (χ1n) is 9.28. The van der Waals surface area contributed by atoms with Gasteiger partial charge < -0.3 is 13.9 Å². The van der Waals surface area contributed by atoms with Crippen LogP contribution in [0.15, 0.2) is 16.5 Å². The zero-order valence-electron chi connectivity index (χ0n) is 16.2. The second kappa shape index (κ2) is 7.85. The second-order valence-corrected chi connectivity index (χ2v) is 6.94. The summed E-state index contributed by atoms with van der Waals surface area (Å²) in [5, 5.41) is 0.181. The molecule has 2 atom stereocenters. The van der Waals surface area contributed by atoms with E-state index in [1.807, 2.05) is 26.0 Å². The lowest BCUT2D eigenvalue weighted by Crippen LogP contribution is -2.25. The van der Waals surface area contributed by atoms with E-state index in [1.165, 1.54) is 6.92 Å². The lowest BCUT2D eigenvalue weighted by Gasteiger charge is -2.21. The number of esters is 1. The molecule has 0 aromatic carbocycles. The Morgan fingerprint density at radius 2 is 2.21 bits per heavy atom. The van der Waals surface area contributed by atoms with Crippen LogP contribution in [0.25, 0.3) is 22.7 Å². The molecule has 1 aliphatic rings. The summed E-state index contributed by atoms with van der Waals surface area (Å²) in [7, 11) is 0. The van der Waals surface area contributed by atoms with Crippen molar-refractivity contribution in [2.24, 2.45) is 0 Å². The number of aromatic nitrogens is 4. The van der Waals surface area contributed by atoms with Crippen LogP contribution in [0.3, 0.4) is 0 Å². The number of carbonyl (C=O) groups excluding carboxylic acids is 1. The van der Waals surface area contributed by atoms with E-state index in [0.717, 1.165) is 5.76 Å². The number of imidazole rings is 1. The molecule has 0 unspecified atom stereocenters. The molecule has 150 valence electrons. The topological polar surface area (TPSA) is 92.3 Å². The number of rotatable bonds is 3. The van der Waals surface area contributed by atoms with Gasteiger partial charge in [-0.2, -0.15) is 0 Å². The first kappa shape index (κ1) is 19.4. The summed E-state index contributed by atoms with van der Waals surface area (Å²) in [5.41, 5.74) is 0.841. The summed E-state index contributed by atoms with van der Waals surface area (Å²) in [5.74, 6) is 7.46. The SMILES string of the molecule is CCC#Cc1nc(Cl)c2nc(-c3ccc(C)o3)n([C@@H]3OCC[C@H]3OC(C)=O)c2n1. The molecule has 4 rings (SSSR count). The van der Waals surface area contributed by atoms with Gasteiger partial charge in [-0.3, -0.25) is 9.36 Å². The molecule has 0 amide bonds. The molecular formula is C20H19ClN4O4. The van der Waals surface area contributed by atoms with Crippen LogP contribution in [-0.2, 0) is 14.3 Å². The molecule has 3 aromatic heterocycles. The fourth-order valence-corrected chi connectivity index (χ4v) is 3.47. The predicted molar refractivity (Wildman–Crippen MR) is 105 cm³/mol. The number of carbonyl (C=O) groups is 1. The third-order valence-corrected chi connectivity index (χ3v) is 4.68. The summed E-state index contributed by atoms with van der Waals surface area (Å²) < 4.78 is 18.9. The maximum absolute atomic E-state index is 11.6. The third kappa shape index (κ3) is 3.71. The minimum Gasteiger partial charge on any atom is -0.458 e. The average Bonchev–Trinajstić information content (AvgIpc) is 3.37. The van der Waals surface area contributed by atoms with Crippen LogP contribution in [-0.4, -0.2) is 38.2 Å². The van der Waals surface area contributed by atoms with Crippen LogP contribution in [0.1, 0.15) is 44.5 Å². The maximum Gasteiger partial charge on any atom is 0.303 e. The van der Waals surface area contributed by atoms with Crippen molar-refractivity contribution < 1.29 is 18.7 Å². The fraction of sp³-hybridized carbons (Fsp3) is 0.400. The highest BCUT2D eigenvalue weighted by Gasteiger charge is 2.37. The highest BCUT2D eigenvalue weighted by atomic mass is 35.5. The smallest absolute Gasteiger partial charge is 0.303 e. The number of aryl methyl sites for hydroxylation is 1. The van der Waals surface area contributed by atoms with E-state index in [1.54, 1.807) is 4.57 Å². The van der Waals surface area contributed by atoms with Gasteiger partial charge in [-0.15, -0.1) is 0 Å².